The fourth-order valence-electron chi connectivity index (χ4n) is 5.76. The van der Waals surface area contributed by atoms with Crippen molar-refractivity contribution in [3.05, 3.63) is 169 Å². The van der Waals surface area contributed by atoms with E-state index in [1.54, 1.807) is 0 Å². The number of anilines is 6. The van der Waals surface area contributed by atoms with Crippen LogP contribution >= 0.6 is 0 Å². The molecule has 0 aliphatic heterocycles. The second-order valence-corrected chi connectivity index (χ2v) is 10.9. The Kier molecular flexibility index (Phi) is 6.65. The van der Waals surface area contributed by atoms with Crippen molar-refractivity contribution >= 4 is 55.7 Å². The number of rotatable bonds is 6. The quantitative estimate of drug-likeness (QED) is 0.194. The summed E-state index contributed by atoms with van der Waals surface area (Å²) in [6.07, 6.45) is 0. The van der Waals surface area contributed by atoms with Crippen LogP contribution in [0.5, 0.6) is 0 Å². The van der Waals surface area contributed by atoms with Crippen LogP contribution < -0.4 is 9.80 Å². The van der Waals surface area contributed by atoms with E-state index >= 15 is 0 Å². The van der Waals surface area contributed by atoms with Gasteiger partial charge in [0.1, 0.15) is 0 Å². The van der Waals surface area contributed by atoms with Gasteiger partial charge in [-0.2, -0.15) is 0 Å². The largest absolute Gasteiger partial charge is 0.310 e. The third kappa shape index (κ3) is 4.88. The average molecular weight is 541 g/mol. The number of fused-ring (bicyclic) bond motifs is 3. The highest BCUT2D eigenvalue weighted by molar-refractivity contribution is 6.09. The van der Waals surface area contributed by atoms with Crippen LogP contribution in [0.25, 0.3) is 21.5 Å². The number of hydrogen-bond donors (Lipinski definition) is 0. The zero-order chi connectivity index (χ0) is 28.5. The molecule has 202 valence electrons. The maximum Gasteiger partial charge on any atom is 0.0468 e. The molecule has 0 heterocycles. The molecule has 7 rings (SSSR count). The number of nitrogens with zero attached hydrogens (tertiary/aromatic N) is 2. The molecule has 0 saturated carbocycles. The van der Waals surface area contributed by atoms with E-state index in [-0.39, 0.29) is 0 Å². The summed E-state index contributed by atoms with van der Waals surface area (Å²) in [7, 11) is 0. The lowest BCUT2D eigenvalue weighted by molar-refractivity contribution is 1.28. The summed E-state index contributed by atoms with van der Waals surface area (Å²) in [6.45, 7) is 4.26. The molecular weight excluding hydrogens is 508 g/mol. The van der Waals surface area contributed by atoms with Gasteiger partial charge in [0.25, 0.3) is 0 Å². The van der Waals surface area contributed by atoms with Gasteiger partial charge < -0.3 is 9.80 Å². The van der Waals surface area contributed by atoms with E-state index in [4.69, 9.17) is 0 Å². The molecule has 42 heavy (non-hydrogen) atoms. The molecule has 0 aromatic heterocycles. The van der Waals surface area contributed by atoms with E-state index < -0.39 is 0 Å². The first-order valence-electron chi connectivity index (χ1n) is 14.4. The summed E-state index contributed by atoms with van der Waals surface area (Å²) in [5.41, 5.74) is 9.37. The van der Waals surface area contributed by atoms with Crippen molar-refractivity contribution in [1.82, 2.24) is 0 Å². The number of para-hydroxylation sites is 2. The van der Waals surface area contributed by atoms with Crippen LogP contribution in [0, 0.1) is 13.8 Å². The monoisotopic (exact) mass is 540 g/mol. The van der Waals surface area contributed by atoms with Gasteiger partial charge in [0.15, 0.2) is 0 Å². The lowest BCUT2D eigenvalue weighted by atomic mass is 10.00. The maximum atomic E-state index is 2.32. The molecule has 0 unspecified atom stereocenters. The van der Waals surface area contributed by atoms with Gasteiger partial charge in [0.2, 0.25) is 0 Å². The summed E-state index contributed by atoms with van der Waals surface area (Å²) in [4.78, 5) is 4.65. The van der Waals surface area contributed by atoms with Gasteiger partial charge in [-0.15, -0.1) is 0 Å². The van der Waals surface area contributed by atoms with Crippen LogP contribution in [0.2, 0.25) is 0 Å². The molecule has 0 atom stereocenters. The van der Waals surface area contributed by atoms with Gasteiger partial charge in [0, 0.05) is 34.1 Å². The highest BCUT2D eigenvalue weighted by Crippen LogP contribution is 2.40. The molecule has 7 aromatic rings. The summed E-state index contributed by atoms with van der Waals surface area (Å²) in [5, 5.41) is 4.95. The standard InChI is InChI=1S/C40H32N2/c1-29-13-19-35(20-14-29)41(33-9-5-3-6-10-33)37-23-25-39-31(27-37)17-18-32-28-38(24-26-40(32)39)42(34-11-7-4-8-12-34)36-21-15-30(2)16-22-36/h3-28H,1-2H3. The fourth-order valence-corrected chi connectivity index (χ4v) is 5.76. The maximum absolute atomic E-state index is 2.32. The van der Waals surface area contributed by atoms with Crippen molar-refractivity contribution in [3.63, 3.8) is 0 Å². The van der Waals surface area contributed by atoms with Gasteiger partial charge >= 0.3 is 0 Å². The molecule has 7 aromatic carbocycles. The first-order chi connectivity index (χ1) is 20.6. The van der Waals surface area contributed by atoms with E-state index in [1.807, 2.05) is 0 Å². The van der Waals surface area contributed by atoms with Crippen LogP contribution in [0.15, 0.2) is 158 Å². The zero-order valence-corrected chi connectivity index (χ0v) is 23.9. The first kappa shape index (κ1) is 25.6. The summed E-state index contributed by atoms with van der Waals surface area (Å²) in [6, 6.07) is 56.8. The van der Waals surface area contributed by atoms with Crippen molar-refractivity contribution in [2.24, 2.45) is 0 Å². The molecule has 0 aliphatic rings. The number of aryl methyl sites for hydroxylation is 2. The third-order valence-electron chi connectivity index (χ3n) is 7.93. The van der Waals surface area contributed by atoms with E-state index in [2.05, 4.69) is 181 Å². The van der Waals surface area contributed by atoms with Crippen LogP contribution in [-0.4, -0.2) is 0 Å². The lowest BCUT2D eigenvalue weighted by Crippen LogP contribution is -2.10. The van der Waals surface area contributed by atoms with E-state index in [0.717, 1.165) is 34.1 Å². The molecule has 0 radical (unpaired) electrons. The second kappa shape index (κ2) is 10.9. The van der Waals surface area contributed by atoms with E-state index in [9.17, 15) is 0 Å². The predicted octanol–water partition coefficient (Wildman–Crippen LogP) is 11.5. The normalized spacial score (nSPS) is 11.1. The smallest absolute Gasteiger partial charge is 0.0468 e. The van der Waals surface area contributed by atoms with Gasteiger partial charge in [-0.25, -0.2) is 0 Å². The van der Waals surface area contributed by atoms with Crippen LogP contribution in [-0.2, 0) is 0 Å². The predicted molar refractivity (Wildman–Crippen MR) is 180 cm³/mol. The van der Waals surface area contributed by atoms with Gasteiger partial charge in [-0.05, 0) is 108 Å². The number of benzene rings is 7. The molecule has 0 aliphatic carbocycles. The van der Waals surface area contributed by atoms with Crippen molar-refractivity contribution in [3.8, 4) is 0 Å². The minimum atomic E-state index is 1.14. The molecule has 0 saturated heterocycles. The van der Waals surface area contributed by atoms with E-state index in [0.29, 0.717) is 0 Å². The summed E-state index contributed by atoms with van der Waals surface area (Å²) < 4.78 is 0. The molecule has 0 fully saturated rings. The van der Waals surface area contributed by atoms with Crippen molar-refractivity contribution in [1.29, 1.82) is 0 Å². The lowest BCUT2D eigenvalue weighted by Gasteiger charge is -2.26. The average Bonchev–Trinajstić information content (AvgIpc) is 3.04. The fraction of sp³-hybridized carbons (Fsp3) is 0.0500. The summed E-state index contributed by atoms with van der Waals surface area (Å²) in [5.74, 6) is 0. The van der Waals surface area contributed by atoms with E-state index in [1.165, 1.54) is 32.7 Å². The number of hydrogen-bond acceptors (Lipinski definition) is 2. The highest BCUT2D eigenvalue weighted by Gasteiger charge is 2.15. The molecule has 0 spiro atoms. The Bertz CT molecular complexity index is 1830. The highest BCUT2D eigenvalue weighted by atomic mass is 15.1. The zero-order valence-electron chi connectivity index (χ0n) is 23.9. The van der Waals surface area contributed by atoms with Gasteiger partial charge in [-0.1, -0.05) is 96.1 Å². The minimum Gasteiger partial charge on any atom is -0.310 e. The van der Waals surface area contributed by atoms with Crippen molar-refractivity contribution in [2.45, 2.75) is 13.8 Å². The minimum absolute atomic E-state index is 1.14. The SMILES string of the molecule is Cc1ccc(N(c2ccccc2)c2ccc3c(ccc4cc(N(c5ccccc5)c5ccc(C)cc5)ccc43)c2)cc1. The van der Waals surface area contributed by atoms with Crippen LogP contribution in [0.4, 0.5) is 34.1 Å². The summed E-state index contributed by atoms with van der Waals surface area (Å²) >= 11 is 0. The molecule has 0 bridgehead atoms. The van der Waals surface area contributed by atoms with Crippen LogP contribution in [0.1, 0.15) is 11.1 Å². The topological polar surface area (TPSA) is 6.48 Å². The Balaban J connectivity index is 1.32. The van der Waals surface area contributed by atoms with Crippen LogP contribution in [0.3, 0.4) is 0 Å². The molecule has 2 nitrogen and oxygen atoms in total. The Labute approximate surface area is 247 Å². The Morgan fingerprint density at radius 3 is 1.02 bits per heavy atom. The Morgan fingerprint density at radius 2 is 0.643 bits per heavy atom. The third-order valence-corrected chi connectivity index (χ3v) is 7.93. The first-order valence-corrected chi connectivity index (χ1v) is 14.4. The van der Waals surface area contributed by atoms with Gasteiger partial charge in [0.05, 0.1) is 0 Å². The molecular formula is C40H32N2. The van der Waals surface area contributed by atoms with Crippen molar-refractivity contribution in [2.75, 3.05) is 9.80 Å². The molecule has 0 N–H and O–H groups in total. The molecule has 0 amide bonds. The molecule has 2 heteroatoms. The Morgan fingerprint density at radius 1 is 0.310 bits per heavy atom. The van der Waals surface area contributed by atoms with Crippen molar-refractivity contribution < 1.29 is 0 Å². The Hall–Kier alpha value is -5.34. The second-order valence-electron chi connectivity index (χ2n) is 10.9. The van der Waals surface area contributed by atoms with Gasteiger partial charge in [-0.3, -0.25) is 0 Å².